The van der Waals surface area contributed by atoms with Gasteiger partial charge in [0.05, 0.1) is 18.0 Å². The fourth-order valence-corrected chi connectivity index (χ4v) is 2.02. The molecule has 74 valence electrons. The largest absolute Gasteiger partial charge is 0.469 e. The second-order valence-electron chi connectivity index (χ2n) is 3.47. The Labute approximate surface area is 83.6 Å². The molecule has 3 nitrogen and oxygen atoms in total. The number of ether oxygens (including phenoxy) is 1. The first-order valence-electron chi connectivity index (χ1n) is 4.52. The van der Waals surface area contributed by atoms with Crippen molar-refractivity contribution in [2.75, 3.05) is 7.11 Å². The molecule has 2 N–H and O–H groups in total. The minimum absolute atomic E-state index is 0.0654. The van der Waals surface area contributed by atoms with Gasteiger partial charge >= 0.3 is 5.97 Å². The molecule has 0 heterocycles. The molecule has 1 aliphatic rings. The molecular formula is C9H15NO2S. The molecule has 0 bridgehead atoms. The minimum atomic E-state index is -0.0959. The molecule has 1 aliphatic carbocycles. The van der Waals surface area contributed by atoms with Gasteiger partial charge in [-0.3, -0.25) is 4.79 Å². The molecule has 4 heteroatoms. The first-order valence-corrected chi connectivity index (χ1v) is 4.93. The van der Waals surface area contributed by atoms with Crippen LogP contribution in [0.3, 0.4) is 0 Å². The van der Waals surface area contributed by atoms with Crippen LogP contribution in [0.1, 0.15) is 25.7 Å². The van der Waals surface area contributed by atoms with Gasteiger partial charge in [-0.15, -0.1) is 0 Å². The summed E-state index contributed by atoms with van der Waals surface area (Å²) in [5.74, 6) is 0.299. The molecule has 0 radical (unpaired) electrons. The highest BCUT2D eigenvalue weighted by Crippen LogP contribution is 2.29. The molecule has 0 spiro atoms. The van der Waals surface area contributed by atoms with Crippen molar-refractivity contribution in [3.8, 4) is 0 Å². The highest BCUT2D eigenvalue weighted by atomic mass is 32.1. The first kappa shape index (κ1) is 10.4. The predicted molar refractivity (Wildman–Crippen MR) is 54.2 cm³/mol. The van der Waals surface area contributed by atoms with Crippen LogP contribution in [0.2, 0.25) is 0 Å². The monoisotopic (exact) mass is 201 g/mol. The lowest BCUT2D eigenvalue weighted by Gasteiger charge is -2.25. The number of thiocarbonyl (C=S) groups is 1. The van der Waals surface area contributed by atoms with Gasteiger partial charge in [-0.1, -0.05) is 12.2 Å². The van der Waals surface area contributed by atoms with Crippen LogP contribution in [0.5, 0.6) is 0 Å². The van der Waals surface area contributed by atoms with E-state index in [1.54, 1.807) is 0 Å². The summed E-state index contributed by atoms with van der Waals surface area (Å²) in [6, 6.07) is 0. The number of esters is 1. The van der Waals surface area contributed by atoms with E-state index >= 15 is 0 Å². The maximum absolute atomic E-state index is 11.2. The number of carbonyl (C=O) groups is 1. The van der Waals surface area contributed by atoms with E-state index in [1.165, 1.54) is 7.11 Å². The van der Waals surface area contributed by atoms with Gasteiger partial charge in [-0.05, 0) is 25.7 Å². The molecule has 13 heavy (non-hydrogen) atoms. The summed E-state index contributed by atoms with van der Waals surface area (Å²) in [7, 11) is 1.43. The van der Waals surface area contributed by atoms with E-state index < -0.39 is 0 Å². The number of methoxy groups -OCH3 is 1. The Hall–Kier alpha value is -0.640. The van der Waals surface area contributed by atoms with Crippen molar-refractivity contribution in [2.45, 2.75) is 25.7 Å². The quantitative estimate of drug-likeness (QED) is 0.539. The van der Waals surface area contributed by atoms with E-state index in [9.17, 15) is 4.79 Å². The van der Waals surface area contributed by atoms with Crippen LogP contribution >= 0.6 is 12.2 Å². The van der Waals surface area contributed by atoms with E-state index in [0.29, 0.717) is 10.9 Å². The molecule has 0 unspecified atom stereocenters. The number of rotatable bonds is 2. The van der Waals surface area contributed by atoms with Crippen LogP contribution in [0.4, 0.5) is 0 Å². The van der Waals surface area contributed by atoms with Crippen molar-refractivity contribution >= 4 is 23.2 Å². The summed E-state index contributed by atoms with van der Waals surface area (Å²) in [5.41, 5.74) is 5.54. The summed E-state index contributed by atoms with van der Waals surface area (Å²) in [6.45, 7) is 0. The smallest absolute Gasteiger partial charge is 0.308 e. The summed E-state index contributed by atoms with van der Waals surface area (Å²) in [6.07, 6.45) is 3.56. The second-order valence-corrected chi connectivity index (χ2v) is 3.95. The van der Waals surface area contributed by atoms with Crippen LogP contribution < -0.4 is 5.73 Å². The van der Waals surface area contributed by atoms with E-state index in [4.69, 9.17) is 18.0 Å². The Bertz CT molecular complexity index is 210. The molecule has 1 saturated carbocycles. The van der Waals surface area contributed by atoms with Gasteiger partial charge in [0.1, 0.15) is 0 Å². The summed E-state index contributed by atoms with van der Waals surface area (Å²) in [5, 5.41) is 0. The van der Waals surface area contributed by atoms with Crippen LogP contribution in [0.15, 0.2) is 0 Å². The highest BCUT2D eigenvalue weighted by molar-refractivity contribution is 7.80. The van der Waals surface area contributed by atoms with Gasteiger partial charge < -0.3 is 10.5 Å². The average molecular weight is 201 g/mol. The zero-order valence-electron chi connectivity index (χ0n) is 7.79. The number of carbonyl (C=O) groups excluding carboxylic acids is 1. The SMILES string of the molecule is COC(=O)C1CCC(C(N)=S)CC1. The fraction of sp³-hybridized carbons (Fsp3) is 0.778. The van der Waals surface area contributed by atoms with Gasteiger partial charge in [0.15, 0.2) is 0 Å². The molecular weight excluding hydrogens is 186 g/mol. The van der Waals surface area contributed by atoms with Crippen LogP contribution in [0.25, 0.3) is 0 Å². The Morgan fingerprint density at radius 2 is 1.77 bits per heavy atom. The highest BCUT2D eigenvalue weighted by Gasteiger charge is 2.27. The third-order valence-electron chi connectivity index (χ3n) is 2.66. The first-order chi connectivity index (χ1) is 6.15. The van der Waals surface area contributed by atoms with E-state index in [-0.39, 0.29) is 11.9 Å². The van der Waals surface area contributed by atoms with Crippen molar-refractivity contribution < 1.29 is 9.53 Å². The van der Waals surface area contributed by atoms with Gasteiger partial charge in [-0.25, -0.2) is 0 Å². The fourth-order valence-electron chi connectivity index (χ4n) is 1.78. The van der Waals surface area contributed by atoms with Crippen molar-refractivity contribution in [1.82, 2.24) is 0 Å². The number of hydrogen-bond acceptors (Lipinski definition) is 3. The third kappa shape index (κ3) is 2.66. The second kappa shape index (κ2) is 4.56. The maximum Gasteiger partial charge on any atom is 0.308 e. The molecule has 0 aromatic heterocycles. The van der Waals surface area contributed by atoms with Gasteiger partial charge in [0.2, 0.25) is 0 Å². The van der Waals surface area contributed by atoms with Crippen molar-refractivity contribution in [3.05, 3.63) is 0 Å². The van der Waals surface area contributed by atoms with Gasteiger partial charge in [0.25, 0.3) is 0 Å². The Kier molecular flexibility index (Phi) is 3.66. The zero-order chi connectivity index (χ0) is 9.84. The normalized spacial score (nSPS) is 28.1. The molecule has 0 saturated heterocycles. The summed E-state index contributed by atoms with van der Waals surface area (Å²) in [4.78, 5) is 11.7. The van der Waals surface area contributed by atoms with Crippen molar-refractivity contribution in [1.29, 1.82) is 0 Å². The van der Waals surface area contributed by atoms with Crippen LogP contribution in [-0.4, -0.2) is 18.1 Å². The van der Waals surface area contributed by atoms with Crippen molar-refractivity contribution in [2.24, 2.45) is 17.6 Å². The Balaban J connectivity index is 2.39. The molecule has 0 amide bonds. The zero-order valence-corrected chi connectivity index (χ0v) is 8.60. The predicted octanol–water partition coefficient (Wildman–Crippen LogP) is 1.25. The molecule has 1 fully saturated rings. The van der Waals surface area contributed by atoms with Gasteiger partial charge in [0, 0.05) is 5.92 Å². The summed E-state index contributed by atoms with van der Waals surface area (Å²) < 4.78 is 4.68. The third-order valence-corrected chi connectivity index (χ3v) is 3.00. The standard InChI is InChI=1S/C9H15NO2S/c1-12-9(11)7-4-2-6(3-5-7)8(10)13/h6-7H,2-5H2,1H3,(H2,10,13). The molecule has 1 rings (SSSR count). The maximum atomic E-state index is 11.2. The van der Waals surface area contributed by atoms with E-state index in [1.807, 2.05) is 0 Å². The van der Waals surface area contributed by atoms with Crippen molar-refractivity contribution in [3.63, 3.8) is 0 Å². The van der Waals surface area contributed by atoms with E-state index in [0.717, 1.165) is 25.7 Å². The lowest BCUT2D eigenvalue weighted by atomic mass is 9.82. The average Bonchev–Trinajstić information content (AvgIpc) is 2.17. The molecule has 0 aromatic rings. The number of nitrogens with two attached hydrogens (primary N) is 1. The van der Waals surface area contributed by atoms with Gasteiger partial charge in [-0.2, -0.15) is 0 Å². The van der Waals surface area contributed by atoms with E-state index in [2.05, 4.69) is 4.74 Å². The molecule has 0 aliphatic heterocycles. The molecule has 0 atom stereocenters. The summed E-state index contributed by atoms with van der Waals surface area (Å²) >= 11 is 4.91. The Morgan fingerprint density at radius 1 is 1.31 bits per heavy atom. The van der Waals surface area contributed by atoms with Crippen LogP contribution in [-0.2, 0) is 9.53 Å². The lowest BCUT2D eigenvalue weighted by Crippen LogP contribution is -2.29. The number of hydrogen-bond donors (Lipinski definition) is 1. The minimum Gasteiger partial charge on any atom is -0.469 e. The lowest BCUT2D eigenvalue weighted by molar-refractivity contribution is -0.146. The topological polar surface area (TPSA) is 52.3 Å². The van der Waals surface area contributed by atoms with Crippen LogP contribution in [0, 0.1) is 11.8 Å². The molecule has 0 aromatic carbocycles. The Morgan fingerprint density at radius 3 is 2.15 bits per heavy atom.